The molecule has 2 heteroatoms. The Balaban J connectivity index is 2.15. The molecule has 1 aromatic carbocycles. The average molecular weight is 243 g/mol. The summed E-state index contributed by atoms with van der Waals surface area (Å²) in [6.07, 6.45) is 4.82. The lowest BCUT2D eigenvalue weighted by molar-refractivity contribution is -0.117. The molecule has 1 fully saturated rings. The van der Waals surface area contributed by atoms with E-state index in [0.717, 1.165) is 24.0 Å². The van der Waals surface area contributed by atoms with Crippen LogP contribution in [0.3, 0.4) is 0 Å². The number of hydrogen-bond acceptors (Lipinski definition) is 2. The second-order valence-electron chi connectivity index (χ2n) is 5.43. The largest absolute Gasteiger partial charge is 0.378 e. The number of benzene rings is 1. The first kappa shape index (κ1) is 12.9. The van der Waals surface area contributed by atoms with Crippen molar-refractivity contribution in [1.82, 2.24) is 0 Å². The molecule has 1 atom stereocenters. The smallest absolute Gasteiger partial charge is 0.159 e. The van der Waals surface area contributed by atoms with Gasteiger partial charge in [0.2, 0.25) is 0 Å². The van der Waals surface area contributed by atoms with Crippen LogP contribution in [0.15, 0.2) is 29.8 Å². The Morgan fingerprint density at radius 3 is 2.44 bits per heavy atom. The molecule has 96 valence electrons. The third-order valence-corrected chi connectivity index (χ3v) is 3.55. The Kier molecular flexibility index (Phi) is 3.85. The van der Waals surface area contributed by atoms with Gasteiger partial charge in [-0.1, -0.05) is 19.1 Å². The van der Waals surface area contributed by atoms with Crippen LogP contribution in [0.2, 0.25) is 0 Å². The maximum atomic E-state index is 11.9. The molecule has 0 heterocycles. The van der Waals surface area contributed by atoms with Gasteiger partial charge in [0.15, 0.2) is 5.78 Å². The first-order chi connectivity index (χ1) is 8.56. The van der Waals surface area contributed by atoms with Crippen molar-refractivity contribution in [3.63, 3.8) is 0 Å². The van der Waals surface area contributed by atoms with Crippen molar-refractivity contribution < 1.29 is 4.79 Å². The van der Waals surface area contributed by atoms with Gasteiger partial charge >= 0.3 is 0 Å². The quantitative estimate of drug-likeness (QED) is 0.741. The molecule has 0 spiro atoms. The number of ketones is 1. The Labute approximate surface area is 109 Å². The monoisotopic (exact) mass is 243 g/mol. The Hall–Kier alpha value is -1.57. The number of hydrogen-bond donors (Lipinski definition) is 0. The minimum Gasteiger partial charge on any atom is -0.378 e. The van der Waals surface area contributed by atoms with E-state index in [9.17, 15) is 4.79 Å². The first-order valence-electron chi connectivity index (χ1n) is 6.57. The maximum absolute atomic E-state index is 11.9. The van der Waals surface area contributed by atoms with Crippen LogP contribution in [-0.2, 0) is 4.79 Å². The van der Waals surface area contributed by atoms with Crippen LogP contribution in [0.1, 0.15) is 31.7 Å². The third kappa shape index (κ3) is 3.00. The fourth-order valence-corrected chi connectivity index (χ4v) is 2.31. The zero-order valence-corrected chi connectivity index (χ0v) is 11.4. The predicted molar refractivity (Wildman–Crippen MR) is 76.8 cm³/mol. The van der Waals surface area contributed by atoms with E-state index in [0.29, 0.717) is 18.1 Å². The molecule has 2 nitrogen and oxygen atoms in total. The van der Waals surface area contributed by atoms with Crippen LogP contribution < -0.4 is 4.90 Å². The lowest BCUT2D eigenvalue weighted by Crippen LogP contribution is -2.15. The highest BCUT2D eigenvalue weighted by Crippen LogP contribution is 2.26. The van der Waals surface area contributed by atoms with E-state index >= 15 is 0 Å². The summed E-state index contributed by atoms with van der Waals surface area (Å²) in [6, 6.07) is 8.33. The SMILES string of the molecule is C[C@@H]1CC/C(=C\c2ccc(N(C)C)cc2)C(=O)C1. The molecule has 0 radical (unpaired) electrons. The fraction of sp³-hybridized carbons (Fsp3) is 0.438. The molecule has 0 amide bonds. The molecule has 2 rings (SSSR count). The molecule has 1 aliphatic rings. The highest BCUT2D eigenvalue weighted by molar-refractivity contribution is 6.00. The van der Waals surface area contributed by atoms with E-state index in [1.165, 1.54) is 5.69 Å². The van der Waals surface area contributed by atoms with Gasteiger partial charge in [-0.15, -0.1) is 0 Å². The molecule has 0 saturated heterocycles. The minimum atomic E-state index is 0.324. The third-order valence-electron chi connectivity index (χ3n) is 3.55. The van der Waals surface area contributed by atoms with E-state index in [-0.39, 0.29) is 0 Å². The van der Waals surface area contributed by atoms with Crippen LogP contribution in [0, 0.1) is 5.92 Å². The van der Waals surface area contributed by atoms with Crippen LogP contribution >= 0.6 is 0 Å². The van der Waals surface area contributed by atoms with Crippen molar-refractivity contribution in [2.75, 3.05) is 19.0 Å². The molecule has 0 aliphatic heterocycles. The van der Waals surface area contributed by atoms with E-state index in [1.807, 2.05) is 20.2 Å². The molecule has 0 unspecified atom stereocenters. The van der Waals surface area contributed by atoms with Gasteiger partial charge in [0.05, 0.1) is 0 Å². The molecule has 0 aromatic heterocycles. The molecular weight excluding hydrogens is 222 g/mol. The molecule has 1 aromatic rings. The van der Waals surface area contributed by atoms with Crippen LogP contribution in [0.4, 0.5) is 5.69 Å². The first-order valence-corrected chi connectivity index (χ1v) is 6.57. The highest BCUT2D eigenvalue weighted by Gasteiger charge is 2.20. The molecule has 1 aliphatic carbocycles. The molecular formula is C16H21NO. The van der Waals surface area contributed by atoms with Gasteiger partial charge in [-0.3, -0.25) is 4.79 Å². The Morgan fingerprint density at radius 2 is 1.89 bits per heavy atom. The highest BCUT2D eigenvalue weighted by atomic mass is 16.1. The number of carbonyl (C=O) groups excluding carboxylic acids is 1. The number of carbonyl (C=O) groups is 1. The molecule has 1 saturated carbocycles. The summed E-state index contributed by atoms with van der Waals surface area (Å²) < 4.78 is 0. The number of rotatable bonds is 2. The summed E-state index contributed by atoms with van der Waals surface area (Å²) in [6.45, 7) is 2.15. The number of nitrogens with zero attached hydrogens (tertiary/aromatic N) is 1. The van der Waals surface area contributed by atoms with Gasteiger partial charge in [0.1, 0.15) is 0 Å². The maximum Gasteiger partial charge on any atom is 0.159 e. The number of Topliss-reactive ketones (excluding diaryl/α,β-unsaturated/α-hetero) is 1. The summed E-state index contributed by atoms with van der Waals surface area (Å²) in [5.41, 5.74) is 3.30. The molecule has 0 N–H and O–H groups in total. The van der Waals surface area contributed by atoms with Crippen molar-refractivity contribution >= 4 is 17.5 Å². The fourth-order valence-electron chi connectivity index (χ4n) is 2.31. The lowest BCUT2D eigenvalue weighted by atomic mass is 9.85. The normalized spacial score (nSPS) is 22.3. The summed E-state index contributed by atoms with van der Waals surface area (Å²) in [5, 5.41) is 0. The van der Waals surface area contributed by atoms with E-state index in [1.54, 1.807) is 0 Å². The van der Waals surface area contributed by atoms with Crippen LogP contribution in [-0.4, -0.2) is 19.9 Å². The summed E-state index contributed by atoms with van der Waals surface area (Å²) in [4.78, 5) is 14.0. The lowest BCUT2D eigenvalue weighted by Gasteiger charge is -2.19. The van der Waals surface area contributed by atoms with Gasteiger partial charge in [-0.05, 0) is 48.1 Å². The second-order valence-corrected chi connectivity index (χ2v) is 5.43. The van der Waals surface area contributed by atoms with E-state index in [4.69, 9.17) is 0 Å². The summed E-state index contributed by atoms with van der Waals surface area (Å²) in [7, 11) is 4.05. The zero-order chi connectivity index (χ0) is 13.1. The summed E-state index contributed by atoms with van der Waals surface area (Å²) in [5.74, 6) is 0.871. The van der Waals surface area contributed by atoms with Crippen molar-refractivity contribution in [2.24, 2.45) is 5.92 Å². The van der Waals surface area contributed by atoms with Crippen molar-refractivity contribution in [2.45, 2.75) is 26.2 Å². The van der Waals surface area contributed by atoms with E-state index < -0.39 is 0 Å². The second kappa shape index (κ2) is 5.38. The van der Waals surface area contributed by atoms with Gasteiger partial charge in [0.25, 0.3) is 0 Å². The van der Waals surface area contributed by atoms with Crippen LogP contribution in [0.25, 0.3) is 6.08 Å². The standard InChI is InChI=1S/C16H21NO/c1-12-4-7-14(16(18)10-12)11-13-5-8-15(9-6-13)17(2)3/h5-6,8-9,11-12H,4,7,10H2,1-3H3/b14-11+/t12-/m1/s1. The van der Waals surface area contributed by atoms with Gasteiger partial charge < -0.3 is 4.90 Å². The van der Waals surface area contributed by atoms with Crippen molar-refractivity contribution in [3.8, 4) is 0 Å². The van der Waals surface area contributed by atoms with Crippen LogP contribution in [0.5, 0.6) is 0 Å². The predicted octanol–water partition coefficient (Wildman–Crippen LogP) is 3.53. The van der Waals surface area contributed by atoms with Gasteiger partial charge in [-0.2, -0.15) is 0 Å². The zero-order valence-electron chi connectivity index (χ0n) is 11.4. The van der Waals surface area contributed by atoms with Gasteiger partial charge in [0, 0.05) is 26.2 Å². The Bertz CT molecular complexity index is 456. The topological polar surface area (TPSA) is 20.3 Å². The van der Waals surface area contributed by atoms with E-state index in [2.05, 4.69) is 36.1 Å². The molecule has 0 bridgehead atoms. The summed E-state index contributed by atoms with van der Waals surface area (Å²) >= 11 is 0. The molecule has 18 heavy (non-hydrogen) atoms. The van der Waals surface area contributed by atoms with Crippen molar-refractivity contribution in [1.29, 1.82) is 0 Å². The van der Waals surface area contributed by atoms with Crippen molar-refractivity contribution in [3.05, 3.63) is 35.4 Å². The number of anilines is 1. The Morgan fingerprint density at radius 1 is 1.22 bits per heavy atom. The minimum absolute atomic E-state index is 0.324. The number of allylic oxidation sites excluding steroid dienone is 1. The average Bonchev–Trinajstić information content (AvgIpc) is 2.33. The van der Waals surface area contributed by atoms with Gasteiger partial charge in [-0.25, -0.2) is 0 Å².